The Balaban J connectivity index is 2.08. The second-order valence-electron chi connectivity index (χ2n) is 4.49. The molecule has 1 N–H and O–H groups in total. The molecule has 2 rings (SSSR count). The number of hydrogen-bond donors (Lipinski definition) is 1. The molecule has 0 aromatic heterocycles. The molecule has 2 aromatic carbocycles. The molecule has 0 fully saturated rings. The molecule has 20 heavy (non-hydrogen) atoms. The van der Waals surface area contributed by atoms with Gasteiger partial charge in [-0.05, 0) is 37.3 Å². The number of carbonyl (C=O) groups is 1. The third-order valence-corrected chi connectivity index (χ3v) is 2.97. The average molecular weight is 273 g/mol. The standard InChI is InChI=1S/C16H16FNO2/c1-11-3-6-13(7-4-11)18-10-15(19)14-9-12(17)5-8-16(14)20-2/h3-9,18H,10H2,1-2H3. The Morgan fingerprint density at radius 3 is 2.55 bits per heavy atom. The van der Waals surface area contributed by atoms with Crippen molar-refractivity contribution in [3.05, 3.63) is 59.4 Å². The van der Waals surface area contributed by atoms with Crippen LogP contribution < -0.4 is 10.1 Å². The summed E-state index contributed by atoms with van der Waals surface area (Å²) in [6.07, 6.45) is 0. The monoisotopic (exact) mass is 273 g/mol. The van der Waals surface area contributed by atoms with Gasteiger partial charge >= 0.3 is 0 Å². The van der Waals surface area contributed by atoms with Crippen LogP contribution in [-0.2, 0) is 0 Å². The van der Waals surface area contributed by atoms with Crippen molar-refractivity contribution < 1.29 is 13.9 Å². The minimum atomic E-state index is -0.454. The SMILES string of the molecule is COc1ccc(F)cc1C(=O)CNc1ccc(C)cc1. The van der Waals surface area contributed by atoms with Crippen LogP contribution in [0.15, 0.2) is 42.5 Å². The van der Waals surface area contributed by atoms with Gasteiger partial charge in [0.1, 0.15) is 11.6 Å². The van der Waals surface area contributed by atoms with Crippen molar-refractivity contribution in [1.82, 2.24) is 0 Å². The van der Waals surface area contributed by atoms with Crippen LogP contribution in [0.1, 0.15) is 15.9 Å². The van der Waals surface area contributed by atoms with Crippen molar-refractivity contribution in [2.24, 2.45) is 0 Å². The van der Waals surface area contributed by atoms with Crippen LogP contribution in [0, 0.1) is 12.7 Å². The summed E-state index contributed by atoms with van der Waals surface area (Å²) in [7, 11) is 1.46. The highest BCUT2D eigenvalue weighted by atomic mass is 19.1. The molecule has 0 atom stereocenters. The zero-order valence-corrected chi connectivity index (χ0v) is 11.4. The van der Waals surface area contributed by atoms with Gasteiger partial charge in [0.25, 0.3) is 0 Å². The van der Waals surface area contributed by atoms with Gasteiger partial charge in [0.15, 0.2) is 5.78 Å². The van der Waals surface area contributed by atoms with E-state index in [1.165, 1.54) is 25.3 Å². The first-order valence-electron chi connectivity index (χ1n) is 6.27. The molecule has 0 saturated carbocycles. The number of halogens is 1. The van der Waals surface area contributed by atoms with E-state index in [0.717, 1.165) is 11.3 Å². The highest BCUT2D eigenvalue weighted by Crippen LogP contribution is 2.20. The van der Waals surface area contributed by atoms with Gasteiger partial charge in [-0.2, -0.15) is 0 Å². The molecule has 0 spiro atoms. The molecule has 0 unspecified atom stereocenters. The number of carbonyl (C=O) groups excluding carboxylic acids is 1. The van der Waals surface area contributed by atoms with E-state index in [2.05, 4.69) is 5.32 Å². The van der Waals surface area contributed by atoms with Crippen LogP contribution in [0.25, 0.3) is 0 Å². The van der Waals surface area contributed by atoms with Crippen LogP contribution in [0.3, 0.4) is 0 Å². The Kier molecular flexibility index (Phi) is 4.35. The zero-order valence-electron chi connectivity index (χ0n) is 11.4. The maximum absolute atomic E-state index is 13.2. The van der Waals surface area contributed by atoms with Gasteiger partial charge in [0.05, 0.1) is 19.2 Å². The Morgan fingerprint density at radius 1 is 1.20 bits per heavy atom. The number of anilines is 1. The molecule has 0 aliphatic heterocycles. The van der Waals surface area contributed by atoms with Crippen LogP contribution in [-0.4, -0.2) is 19.4 Å². The van der Waals surface area contributed by atoms with Gasteiger partial charge in [-0.25, -0.2) is 4.39 Å². The molecule has 0 aliphatic rings. The maximum Gasteiger partial charge on any atom is 0.185 e. The van der Waals surface area contributed by atoms with Crippen LogP contribution in [0.4, 0.5) is 10.1 Å². The first kappa shape index (κ1) is 14.1. The number of hydrogen-bond acceptors (Lipinski definition) is 3. The summed E-state index contributed by atoms with van der Waals surface area (Å²) in [5.41, 5.74) is 2.24. The predicted octanol–water partition coefficient (Wildman–Crippen LogP) is 3.44. The minimum absolute atomic E-state index is 0.0862. The third kappa shape index (κ3) is 3.35. The number of nitrogens with one attached hydrogen (secondary N) is 1. The number of ether oxygens (including phenoxy) is 1. The molecule has 0 saturated heterocycles. The lowest BCUT2D eigenvalue weighted by Crippen LogP contribution is -2.15. The molecule has 0 heterocycles. The predicted molar refractivity (Wildman–Crippen MR) is 77.0 cm³/mol. The van der Waals surface area contributed by atoms with Gasteiger partial charge < -0.3 is 10.1 Å². The maximum atomic E-state index is 13.2. The normalized spacial score (nSPS) is 10.2. The van der Waals surface area contributed by atoms with Gasteiger partial charge in [-0.15, -0.1) is 0 Å². The summed E-state index contributed by atoms with van der Waals surface area (Å²) in [4.78, 5) is 12.1. The van der Waals surface area contributed by atoms with E-state index in [4.69, 9.17) is 4.74 Å². The van der Waals surface area contributed by atoms with Crippen molar-refractivity contribution in [1.29, 1.82) is 0 Å². The summed E-state index contributed by atoms with van der Waals surface area (Å²) in [5.74, 6) is -0.298. The van der Waals surface area contributed by atoms with E-state index < -0.39 is 5.82 Å². The van der Waals surface area contributed by atoms with Crippen molar-refractivity contribution in [2.75, 3.05) is 19.0 Å². The topological polar surface area (TPSA) is 38.3 Å². The summed E-state index contributed by atoms with van der Waals surface area (Å²) < 4.78 is 18.3. The number of methoxy groups -OCH3 is 1. The van der Waals surface area contributed by atoms with E-state index in [1.54, 1.807) is 0 Å². The second kappa shape index (κ2) is 6.19. The molecule has 104 valence electrons. The highest BCUT2D eigenvalue weighted by molar-refractivity contribution is 6.01. The van der Waals surface area contributed by atoms with Crippen molar-refractivity contribution >= 4 is 11.5 Å². The summed E-state index contributed by atoms with van der Waals surface area (Å²) in [6, 6.07) is 11.6. The number of Topliss-reactive ketones (excluding diaryl/α,β-unsaturated/α-hetero) is 1. The minimum Gasteiger partial charge on any atom is -0.496 e. The number of rotatable bonds is 5. The Bertz CT molecular complexity index is 608. The molecule has 2 aromatic rings. The molecule has 0 aliphatic carbocycles. The Hall–Kier alpha value is -2.36. The van der Waals surface area contributed by atoms with Crippen LogP contribution >= 0.6 is 0 Å². The molecule has 0 radical (unpaired) electrons. The smallest absolute Gasteiger partial charge is 0.185 e. The lowest BCUT2D eigenvalue weighted by molar-refractivity contribution is 0.100. The first-order chi connectivity index (χ1) is 9.60. The average Bonchev–Trinajstić information content (AvgIpc) is 2.46. The van der Waals surface area contributed by atoms with Crippen molar-refractivity contribution in [2.45, 2.75) is 6.92 Å². The van der Waals surface area contributed by atoms with Gasteiger partial charge in [0, 0.05) is 5.69 Å². The van der Waals surface area contributed by atoms with Gasteiger partial charge in [-0.1, -0.05) is 17.7 Å². The Morgan fingerprint density at radius 2 is 1.90 bits per heavy atom. The first-order valence-corrected chi connectivity index (χ1v) is 6.27. The van der Waals surface area contributed by atoms with E-state index in [1.807, 2.05) is 31.2 Å². The lowest BCUT2D eigenvalue weighted by atomic mass is 10.1. The number of aryl methyl sites for hydroxylation is 1. The summed E-state index contributed by atoms with van der Waals surface area (Å²) in [5, 5.41) is 3.01. The quantitative estimate of drug-likeness (QED) is 0.848. The highest BCUT2D eigenvalue weighted by Gasteiger charge is 2.13. The molecule has 0 bridgehead atoms. The fourth-order valence-corrected chi connectivity index (χ4v) is 1.85. The second-order valence-corrected chi connectivity index (χ2v) is 4.49. The molecular formula is C16H16FNO2. The summed E-state index contributed by atoms with van der Waals surface area (Å²) in [6.45, 7) is 2.08. The largest absolute Gasteiger partial charge is 0.496 e. The van der Waals surface area contributed by atoms with E-state index >= 15 is 0 Å². The number of benzene rings is 2. The third-order valence-electron chi connectivity index (χ3n) is 2.97. The van der Waals surface area contributed by atoms with Gasteiger partial charge in [0.2, 0.25) is 0 Å². The van der Waals surface area contributed by atoms with Gasteiger partial charge in [-0.3, -0.25) is 4.79 Å². The van der Waals surface area contributed by atoms with Crippen molar-refractivity contribution in [3.63, 3.8) is 0 Å². The van der Waals surface area contributed by atoms with Crippen LogP contribution in [0.5, 0.6) is 5.75 Å². The van der Waals surface area contributed by atoms with Crippen LogP contribution in [0.2, 0.25) is 0 Å². The molecule has 0 amide bonds. The fourth-order valence-electron chi connectivity index (χ4n) is 1.85. The van der Waals surface area contributed by atoms with E-state index in [0.29, 0.717) is 5.75 Å². The fraction of sp³-hybridized carbons (Fsp3) is 0.188. The number of ketones is 1. The zero-order chi connectivity index (χ0) is 14.5. The molecule has 3 nitrogen and oxygen atoms in total. The van der Waals surface area contributed by atoms with E-state index in [9.17, 15) is 9.18 Å². The van der Waals surface area contributed by atoms with Crippen molar-refractivity contribution in [3.8, 4) is 5.75 Å². The summed E-state index contributed by atoms with van der Waals surface area (Å²) >= 11 is 0. The molecule has 4 heteroatoms. The lowest BCUT2D eigenvalue weighted by Gasteiger charge is -2.09. The van der Waals surface area contributed by atoms with E-state index in [-0.39, 0.29) is 17.9 Å². The molecular weight excluding hydrogens is 257 g/mol. The Labute approximate surface area is 117 Å².